The molecular formula is C19H19N5O2. The Morgan fingerprint density at radius 1 is 1.31 bits per heavy atom. The van der Waals surface area contributed by atoms with Crippen molar-refractivity contribution in [2.24, 2.45) is 5.92 Å². The summed E-state index contributed by atoms with van der Waals surface area (Å²) in [5.41, 5.74) is 8.01. The first-order valence-corrected chi connectivity index (χ1v) is 8.54. The van der Waals surface area contributed by atoms with E-state index in [0.717, 1.165) is 11.1 Å². The Bertz CT molecular complexity index is 948. The second kappa shape index (κ2) is 7.02. The van der Waals surface area contributed by atoms with Gasteiger partial charge < -0.3 is 15.2 Å². The summed E-state index contributed by atoms with van der Waals surface area (Å²) in [5.74, 6) is 0.631. The topological polar surface area (TPSA) is 99.0 Å². The number of aromatic nitrogens is 3. The van der Waals surface area contributed by atoms with Crippen molar-refractivity contribution in [2.75, 3.05) is 18.9 Å². The minimum absolute atomic E-state index is 0.159. The molecule has 2 aromatic heterocycles. The molecule has 3 heterocycles. The number of hydrogen-bond acceptors (Lipinski definition) is 6. The van der Waals surface area contributed by atoms with Gasteiger partial charge in [0.2, 0.25) is 5.88 Å². The first kappa shape index (κ1) is 16.4. The minimum atomic E-state index is -0.169. The van der Waals surface area contributed by atoms with E-state index in [-0.39, 0.29) is 12.0 Å². The number of fused-ring (bicyclic) bond motifs is 1. The van der Waals surface area contributed by atoms with E-state index in [1.165, 1.54) is 0 Å². The predicted octanol–water partition coefficient (Wildman–Crippen LogP) is 2.69. The molecule has 0 bridgehead atoms. The summed E-state index contributed by atoms with van der Waals surface area (Å²) in [6.45, 7) is 1.43. The number of nitrogens with zero attached hydrogens (tertiary/aromatic N) is 4. The first-order valence-electron chi connectivity index (χ1n) is 8.54. The zero-order valence-corrected chi connectivity index (χ0v) is 14.2. The van der Waals surface area contributed by atoms with Crippen molar-refractivity contribution >= 4 is 16.7 Å². The Morgan fingerprint density at radius 3 is 2.96 bits per heavy atom. The van der Waals surface area contributed by atoms with E-state index >= 15 is 0 Å². The van der Waals surface area contributed by atoms with Crippen molar-refractivity contribution in [3.8, 4) is 11.9 Å². The monoisotopic (exact) mass is 349 g/mol. The van der Waals surface area contributed by atoms with Crippen LogP contribution in [0.15, 0.2) is 42.6 Å². The number of hydrogen-bond donors (Lipinski definition) is 1. The van der Waals surface area contributed by atoms with Gasteiger partial charge in [-0.25, -0.2) is 4.98 Å². The molecular weight excluding hydrogens is 330 g/mol. The normalized spacial score (nSPS) is 20.0. The highest BCUT2D eigenvalue weighted by atomic mass is 16.5. The van der Waals surface area contributed by atoms with Crippen LogP contribution in [0.25, 0.3) is 10.9 Å². The van der Waals surface area contributed by atoms with Gasteiger partial charge in [-0.05, 0) is 18.1 Å². The minimum Gasteiger partial charge on any atom is -0.472 e. The average molecular weight is 349 g/mol. The van der Waals surface area contributed by atoms with Crippen LogP contribution < -0.4 is 10.5 Å². The van der Waals surface area contributed by atoms with Crippen molar-refractivity contribution in [1.29, 1.82) is 5.26 Å². The van der Waals surface area contributed by atoms with E-state index in [2.05, 4.69) is 16.2 Å². The Kier molecular flexibility index (Phi) is 4.42. The highest BCUT2D eigenvalue weighted by Gasteiger charge is 2.30. The highest BCUT2D eigenvalue weighted by Crippen LogP contribution is 2.34. The zero-order valence-electron chi connectivity index (χ0n) is 14.2. The SMILES string of the molecule is N#CC1CCOCC1n1nc(N)c2c(OCc3ccccc3)nccc21. The van der Waals surface area contributed by atoms with Gasteiger partial charge in [-0.15, -0.1) is 0 Å². The first-order chi connectivity index (χ1) is 12.8. The lowest BCUT2D eigenvalue weighted by Gasteiger charge is -2.27. The van der Waals surface area contributed by atoms with Crippen LogP contribution in [-0.2, 0) is 11.3 Å². The highest BCUT2D eigenvalue weighted by molar-refractivity contribution is 5.93. The molecule has 7 nitrogen and oxygen atoms in total. The van der Waals surface area contributed by atoms with Gasteiger partial charge in [0, 0.05) is 12.8 Å². The Labute approximate surface area is 151 Å². The molecule has 0 spiro atoms. The van der Waals surface area contributed by atoms with Crippen LogP contribution in [0.2, 0.25) is 0 Å². The largest absolute Gasteiger partial charge is 0.472 e. The molecule has 0 saturated carbocycles. The molecule has 4 rings (SSSR count). The van der Waals surface area contributed by atoms with Crippen LogP contribution >= 0.6 is 0 Å². The second-order valence-electron chi connectivity index (χ2n) is 6.28. The lowest BCUT2D eigenvalue weighted by atomic mass is 9.96. The van der Waals surface area contributed by atoms with E-state index in [1.54, 1.807) is 10.9 Å². The van der Waals surface area contributed by atoms with Gasteiger partial charge in [-0.2, -0.15) is 10.4 Å². The number of ether oxygens (including phenoxy) is 2. The summed E-state index contributed by atoms with van der Waals surface area (Å²) in [4.78, 5) is 4.33. The molecule has 1 aliphatic heterocycles. The molecule has 0 aliphatic carbocycles. The Balaban J connectivity index is 1.69. The maximum atomic E-state index is 9.45. The van der Waals surface area contributed by atoms with Crippen molar-refractivity contribution < 1.29 is 9.47 Å². The zero-order chi connectivity index (χ0) is 17.9. The maximum absolute atomic E-state index is 9.45. The van der Waals surface area contributed by atoms with Gasteiger partial charge >= 0.3 is 0 Å². The fourth-order valence-electron chi connectivity index (χ4n) is 3.29. The molecule has 2 unspecified atom stereocenters. The molecule has 7 heteroatoms. The van der Waals surface area contributed by atoms with Crippen LogP contribution in [0.1, 0.15) is 18.0 Å². The van der Waals surface area contributed by atoms with E-state index in [1.807, 2.05) is 36.4 Å². The molecule has 1 aliphatic rings. The van der Waals surface area contributed by atoms with Gasteiger partial charge in [0.05, 0.1) is 30.2 Å². The number of anilines is 1. The van der Waals surface area contributed by atoms with Gasteiger partial charge in [-0.1, -0.05) is 30.3 Å². The van der Waals surface area contributed by atoms with Gasteiger partial charge in [0.15, 0.2) is 5.82 Å². The number of pyridine rings is 1. The van der Waals surface area contributed by atoms with E-state index < -0.39 is 0 Å². The third-order valence-electron chi connectivity index (χ3n) is 4.64. The average Bonchev–Trinajstić information content (AvgIpc) is 3.04. The molecule has 1 aromatic carbocycles. The number of nitriles is 1. The van der Waals surface area contributed by atoms with Gasteiger partial charge in [0.1, 0.15) is 12.0 Å². The number of rotatable bonds is 4. The summed E-state index contributed by atoms with van der Waals surface area (Å²) in [5, 5.41) is 14.6. The number of nitrogens with two attached hydrogens (primary N) is 1. The van der Waals surface area contributed by atoms with Crippen LogP contribution in [0.3, 0.4) is 0 Å². The summed E-state index contributed by atoms with van der Waals surface area (Å²) in [6.07, 6.45) is 2.36. The van der Waals surface area contributed by atoms with Crippen molar-refractivity contribution in [3.63, 3.8) is 0 Å². The molecule has 2 N–H and O–H groups in total. The fraction of sp³-hybridized carbons (Fsp3) is 0.316. The third kappa shape index (κ3) is 2.95. The number of nitrogen functional groups attached to an aromatic ring is 1. The summed E-state index contributed by atoms with van der Waals surface area (Å²) >= 11 is 0. The van der Waals surface area contributed by atoms with Gasteiger partial charge in [-0.3, -0.25) is 4.68 Å². The van der Waals surface area contributed by atoms with Gasteiger partial charge in [0.25, 0.3) is 0 Å². The molecule has 2 atom stereocenters. The van der Waals surface area contributed by atoms with Crippen LogP contribution in [0, 0.1) is 17.2 Å². The summed E-state index contributed by atoms with van der Waals surface area (Å²) in [6, 6.07) is 13.9. The van der Waals surface area contributed by atoms with E-state index in [0.29, 0.717) is 43.3 Å². The summed E-state index contributed by atoms with van der Waals surface area (Å²) < 4.78 is 13.2. The third-order valence-corrected chi connectivity index (χ3v) is 4.64. The molecule has 26 heavy (non-hydrogen) atoms. The molecule has 0 radical (unpaired) electrons. The Hall–Kier alpha value is -3.11. The lowest BCUT2D eigenvalue weighted by molar-refractivity contribution is 0.0359. The lowest BCUT2D eigenvalue weighted by Crippen LogP contribution is -2.30. The van der Waals surface area contributed by atoms with Crippen LogP contribution in [0.5, 0.6) is 5.88 Å². The Morgan fingerprint density at radius 2 is 2.15 bits per heavy atom. The molecule has 132 valence electrons. The van der Waals surface area contributed by atoms with E-state index in [9.17, 15) is 5.26 Å². The van der Waals surface area contributed by atoms with E-state index in [4.69, 9.17) is 15.2 Å². The number of benzene rings is 1. The fourth-order valence-corrected chi connectivity index (χ4v) is 3.29. The maximum Gasteiger partial charge on any atom is 0.227 e. The van der Waals surface area contributed by atoms with Crippen LogP contribution in [-0.4, -0.2) is 28.0 Å². The van der Waals surface area contributed by atoms with Crippen molar-refractivity contribution in [3.05, 3.63) is 48.2 Å². The smallest absolute Gasteiger partial charge is 0.227 e. The summed E-state index contributed by atoms with van der Waals surface area (Å²) in [7, 11) is 0. The van der Waals surface area contributed by atoms with Crippen molar-refractivity contribution in [2.45, 2.75) is 19.1 Å². The predicted molar refractivity (Wildman–Crippen MR) is 96.3 cm³/mol. The quantitative estimate of drug-likeness (QED) is 0.777. The molecule has 3 aromatic rings. The molecule has 0 amide bonds. The van der Waals surface area contributed by atoms with Crippen molar-refractivity contribution in [1.82, 2.24) is 14.8 Å². The second-order valence-corrected chi connectivity index (χ2v) is 6.28. The van der Waals surface area contributed by atoms with Crippen LogP contribution in [0.4, 0.5) is 5.82 Å². The molecule has 1 fully saturated rings. The standard InChI is InChI=1S/C19H19N5O2/c20-10-14-7-9-25-12-16(14)24-15-6-8-22-19(17(15)18(21)23-24)26-11-13-4-2-1-3-5-13/h1-6,8,14,16H,7,9,11-12H2,(H2,21,23). The molecule has 1 saturated heterocycles.